The number of hydrogen-bond donors (Lipinski definition) is 1. The van der Waals surface area contributed by atoms with Crippen molar-refractivity contribution in [2.45, 2.75) is 84.2 Å². The largest absolute Gasteiger partial charge is 0.445 e. The van der Waals surface area contributed by atoms with E-state index in [0.717, 1.165) is 18.6 Å². The van der Waals surface area contributed by atoms with Crippen LogP contribution in [-0.4, -0.2) is 171 Å². The minimum Gasteiger partial charge on any atom is -0.445 e. The van der Waals surface area contributed by atoms with Crippen molar-refractivity contribution in [3.05, 3.63) is 35.9 Å². The predicted molar refractivity (Wildman–Crippen MR) is 231 cm³/mol. The van der Waals surface area contributed by atoms with E-state index in [1.165, 1.54) is 64.2 Å². The molecule has 0 saturated heterocycles. The van der Waals surface area contributed by atoms with E-state index in [-0.39, 0.29) is 6.61 Å². The fourth-order valence-corrected chi connectivity index (χ4v) is 5.39. The summed E-state index contributed by atoms with van der Waals surface area (Å²) >= 11 is 0. The molecule has 0 aliphatic rings. The van der Waals surface area contributed by atoms with Gasteiger partial charge < -0.3 is 66.9 Å². The van der Waals surface area contributed by atoms with Crippen molar-refractivity contribution in [1.29, 1.82) is 0 Å². The zero-order chi connectivity index (χ0) is 42.8. The maximum atomic E-state index is 11.7. The second-order valence-corrected chi connectivity index (χ2v) is 13.9. The molecule has 15 nitrogen and oxygen atoms in total. The van der Waals surface area contributed by atoms with Crippen LogP contribution in [0.15, 0.2) is 30.3 Å². The second-order valence-electron chi connectivity index (χ2n) is 13.9. The van der Waals surface area contributed by atoms with Gasteiger partial charge in [0.1, 0.15) is 6.61 Å². The summed E-state index contributed by atoms with van der Waals surface area (Å²) in [6.07, 6.45) is 14.4. The van der Waals surface area contributed by atoms with E-state index in [1.54, 1.807) is 0 Å². The molecule has 0 atom stereocenters. The first-order valence-electron chi connectivity index (χ1n) is 22.7. The van der Waals surface area contributed by atoms with Crippen LogP contribution in [0.4, 0.5) is 4.79 Å². The molecule has 0 unspecified atom stereocenters. The van der Waals surface area contributed by atoms with Gasteiger partial charge in [-0.3, -0.25) is 0 Å². The number of benzene rings is 1. The molecule has 0 radical (unpaired) electrons. The maximum Gasteiger partial charge on any atom is 0.407 e. The number of alkyl carbamates (subject to hydrolysis) is 1. The van der Waals surface area contributed by atoms with Crippen LogP contribution in [0, 0.1) is 0 Å². The van der Waals surface area contributed by atoms with Crippen LogP contribution in [0.5, 0.6) is 0 Å². The summed E-state index contributed by atoms with van der Waals surface area (Å²) in [6, 6.07) is 9.52. The molecule has 1 N–H and O–H groups in total. The normalized spacial score (nSPS) is 11.4. The first-order chi connectivity index (χ1) is 29.8. The minimum atomic E-state index is -0.468. The summed E-state index contributed by atoms with van der Waals surface area (Å²) in [4.78, 5) is 11.7. The van der Waals surface area contributed by atoms with E-state index >= 15 is 0 Å². The van der Waals surface area contributed by atoms with E-state index in [4.69, 9.17) is 61.6 Å². The van der Waals surface area contributed by atoms with Gasteiger partial charge in [-0.15, -0.1) is 0 Å². The van der Waals surface area contributed by atoms with Gasteiger partial charge in [-0.1, -0.05) is 101 Å². The lowest BCUT2D eigenvalue weighted by molar-refractivity contribution is -0.0283. The molecule has 0 bridgehead atoms. The Balaban J connectivity index is 1.61. The highest BCUT2D eigenvalue weighted by Crippen LogP contribution is 2.11. The first-order valence-corrected chi connectivity index (χ1v) is 22.7. The molecule has 0 heterocycles. The highest BCUT2D eigenvalue weighted by Gasteiger charge is 2.02. The number of carbonyl (C=O) groups excluding carboxylic acids is 1. The summed E-state index contributed by atoms with van der Waals surface area (Å²) in [7, 11) is 0. The molecule has 0 saturated carbocycles. The average Bonchev–Trinajstić information content (AvgIpc) is 3.27. The van der Waals surface area contributed by atoms with E-state index in [9.17, 15) is 4.79 Å². The Kier molecular flexibility index (Phi) is 46.4. The van der Waals surface area contributed by atoms with Crippen molar-refractivity contribution in [2.75, 3.05) is 165 Å². The topological polar surface area (TPSA) is 149 Å². The van der Waals surface area contributed by atoms with Crippen molar-refractivity contribution in [3.8, 4) is 0 Å². The number of unbranched alkanes of at least 4 members (excludes halogenated alkanes) is 10. The molecular formula is C45H83NO14. The van der Waals surface area contributed by atoms with Crippen LogP contribution < -0.4 is 5.32 Å². The highest BCUT2D eigenvalue weighted by molar-refractivity contribution is 5.67. The van der Waals surface area contributed by atoms with Gasteiger partial charge in [0, 0.05) is 13.2 Å². The standard InChI is InChI=1S/C45H83NO14/c1-2-3-4-5-6-7-8-9-10-11-15-19-48-21-23-50-25-27-52-29-31-54-33-35-56-37-39-58-41-42-59-40-38-57-36-34-55-32-30-53-28-26-51-24-22-49-20-18-46-45(47)60-43-44-16-13-12-14-17-44/h12-14,16-17H,2-11,15,18-43H2,1H3,(H,46,47). The molecule has 1 aromatic carbocycles. The molecule has 352 valence electrons. The Bertz CT molecular complexity index is 967. The Morgan fingerprint density at radius 3 is 0.983 bits per heavy atom. The quantitative estimate of drug-likeness (QED) is 0.0718. The molecule has 15 heteroatoms. The van der Waals surface area contributed by atoms with Crippen LogP contribution in [0.3, 0.4) is 0 Å². The minimum absolute atomic E-state index is 0.237. The van der Waals surface area contributed by atoms with Crippen molar-refractivity contribution in [3.63, 3.8) is 0 Å². The molecule has 1 aromatic rings. The van der Waals surface area contributed by atoms with E-state index < -0.39 is 6.09 Å². The van der Waals surface area contributed by atoms with Crippen LogP contribution in [0.1, 0.15) is 83.1 Å². The highest BCUT2D eigenvalue weighted by atomic mass is 16.6. The van der Waals surface area contributed by atoms with Crippen molar-refractivity contribution in [1.82, 2.24) is 5.32 Å². The molecule has 0 spiro atoms. The van der Waals surface area contributed by atoms with E-state index in [1.807, 2.05) is 30.3 Å². The van der Waals surface area contributed by atoms with Gasteiger partial charge in [0.2, 0.25) is 0 Å². The van der Waals surface area contributed by atoms with E-state index in [0.29, 0.717) is 159 Å². The maximum absolute atomic E-state index is 11.7. The fourth-order valence-electron chi connectivity index (χ4n) is 5.39. The summed E-state index contributed by atoms with van der Waals surface area (Å²) in [6.45, 7) is 15.3. The Hall–Kier alpha value is -1.99. The molecule has 0 aliphatic heterocycles. The average molecular weight is 862 g/mol. The van der Waals surface area contributed by atoms with Crippen molar-refractivity contribution >= 4 is 6.09 Å². The zero-order valence-corrected chi connectivity index (χ0v) is 37.3. The summed E-state index contributed by atoms with van der Waals surface area (Å²) in [5.41, 5.74) is 0.938. The van der Waals surface area contributed by atoms with Crippen molar-refractivity contribution < 1.29 is 66.4 Å². The fraction of sp³-hybridized carbons (Fsp3) is 0.844. The SMILES string of the molecule is CCCCCCCCCCCCCOCCOCCOCCOCCOCCOCCOCCOCCOCCOCCOCCOCCNC(=O)OCc1ccccc1. The van der Waals surface area contributed by atoms with Crippen LogP contribution in [0.25, 0.3) is 0 Å². The van der Waals surface area contributed by atoms with Gasteiger partial charge in [0.25, 0.3) is 0 Å². The van der Waals surface area contributed by atoms with Gasteiger partial charge in [0.15, 0.2) is 0 Å². The number of amides is 1. The lowest BCUT2D eigenvalue weighted by Crippen LogP contribution is -2.28. The number of nitrogens with one attached hydrogen (secondary N) is 1. The second kappa shape index (κ2) is 49.7. The third kappa shape index (κ3) is 45.5. The van der Waals surface area contributed by atoms with E-state index in [2.05, 4.69) is 12.2 Å². The number of rotatable bonds is 50. The van der Waals surface area contributed by atoms with Crippen LogP contribution in [0.2, 0.25) is 0 Å². The molecule has 0 aromatic heterocycles. The molecule has 1 amide bonds. The smallest absolute Gasteiger partial charge is 0.407 e. The summed E-state index contributed by atoms with van der Waals surface area (Å²) in [5.74, 6) is 0. The van der Waals surface area contributed by atoms with Crippen LogP contribution in [-0.2, 0) is 68.2 Å². The number of carbonyl (C=O) groups is 1. The molecule has 1 rings (SSSR count). The van der Waals surface area contributed by atoms with Crippen molar-refractivity contribution in [2.24, 2.45) is 0 Å². The molecule has 60 heavy (non-hydrogen) atoms. The summed E-state index contributed by atoms with van der Waals surface area (Å²) in [5, 5.41) is 2.65. The molecule has 0 aliphatic carbocycles. The lowest BCUT2D eigenvalue weighted by Gasteiger charge is -2.09. The lowest BCUT2D eigenvalue weighted by atomic mass is 10.1. The van der Waals surface area contributed by atoms with Gasteiger partial charge >= 0.3 is 6.09 Å². The van der Waals surface area contributed by atoms with Gasteiger partial charge in [0.05, 0.1) is 152 Å². The number of ether oxygens (including phenoxy) is 13. The Morgan fingerprint density at radius 1 is 0.367 bits per heavy atom. The van der Waals surface area contributed by atoms with Gasteiger partial charge in [-0.05, 0) is 12.0 Å². The molecular weight excluding hydrogens is 778 g/mol. The van der Waals surface area contributed by atoms with Gasteiger partial charge in [-0.2, -0.15) is 0 Å². The molecule has 0 fully saturated rings. The third-order valence-electron chi connectivity index (χ3n) is 8.71. The Labute approximate surface area is 362 Å². The Morgan fingerprint density at radius 2 is 0.650 bits per heavy atom. The third-order valence-corrected chi connectivity index (χ3v) is 8.71. The monoisotopic (exact) mass is 862 g/mol. The van der Waals surface area contributed by atoms with Crippen LogP contribution >= 0.6 is 0 Å². The van der Waals surface area contributed by atoms with Gasteiger partial charge in [-0.25, -0.2) is 4.79 Å². The zero-order valence-electron chi connectivity index (χ0n) is 37.3. The first kappa shape index (κ1) is 56.0. The number of hydrogen-bond acceptors (Lipinski definition) is 14. The summed E-state index contributed by atoms with van der Waals surface area (Å²) < 4.78 is 71.4. The predicted octanol–water partition coefficient (Wildman–Crippen LogP) is 6.42.